The first-order valence-electron chi connectivity index (χ1n) is 8.76. The number of rotatable bonds is 8. The van der Waals surface area contributed by atoms with E-state index in [1.165, 1.54) is 0 Å². The van der Waals surface area contributed by atoms with Crippen molar-refractivity contribution in [2.45, 2.75) is 45.4 Å². The van der Waals surface area contributed by atoms with Gasteiger partial charge in [-0.25, -0.2) is 0 Å². The molecular formula is C22H26O2. The molecule has 126 valence electrons. The van der Waals surface area contributed by atoms with Crippen molar-refractivity contribution in [2.75, 3.05) is 0 Å². The number of Topliss-reactive ketones (excluding diaryl/α,β-unsaturated/α-hetero) is 1. The minimum Gasteiger partial charge on any atom is -0.295 e. The third kappa shape index (κ3) is 5.45. The van der Waals surface area contributed by atoms with Gasteiger partial charge in [0, 0.05) is 12.8 Å². The maximum atomic E-state index is 12.0. The Bertz CT molecular complexity index is 650. The maximum absolute atomic E-state index is 12.0. The summed E-state index contributed by atoms with van der Waals surface area (Å²) in [5, 5.41) is 0. The standard InChI is InChI=1S/C22H26O2/c1-3-22(24)20-13-11-19(12-14-20)17(2)9-15-21(23)16-10-18-7-5-4-6-8-18/h4-8,10,13,16,19H,2-3,9,11-12,14-15H2,1H3. The largest absolute Gasteiger partial charge is 0.295 e. The molecule has 1 unspecified atom stereocenters. The van der Waals surface area contributed by atoms with Gasteiger partial charge in [-0.15, -0.1) is 0 Å². The average molecular weight is 322 g/mol. The Labute approximate surface area is 145 Å². The van der Waals surface area contributed by atoms with Crippen LogP contribution in [0.5, 0.6) is 0 Å². The van der Waals surface area contributed by atoms with Gasteiger partial charge in [0.2, 0.25) is 0 Å². The van der Waals surface area contributed by atoms with Crippen molar-refractivity contribution in [1.29, 1.82) is 0 Å². The van der Waals surface area contributed by atoms with E-state index in [4.69, 9.17) is 0 Å². The first-order chi connectivity index (χ1) is 11.6. The molecule has 2 rings (SSSR count). The highest BCUT2D eigenvalue weighted by molar-refractivity contribution is 5.95. The second-order valence-electron chi connectivity index (χ2n) is 6.35. The zero-order valence-electron chi connectivity index (χ0n) is 14.5. The van der Waals surface area contributed by atoms with Crippen molar-refractivity contribution in [3.8, 4) is 0 Å². The zero-order chi connectivity index (χ0) is 17.4. The fraction of sp³-hybridized carbons (Fsp3) is 0.364. The van der Waals surface area contributed by atoms with E-state index < -0.39 is 0 Å². The lowest BCUT2D eigenvalue weighted by atomic mass is 9.82. The fourth-order valence-electron chi connectivity index (χ4n) is 3.01. The van der Waals surface area contributed by atoms with Crippen molar-refractivity contribution in [1.82, 2.24) is 0 Å². The van der Waals surface area contributed by atoms with Crippen LogP contribution in [-0.2, 0) is 9.59 Å². The van der Waals surface area contributed by atoms with Crippen LogP contribution in [0.25, 0.3) is 6.08 Å². The predicted molar refractivity (Wildman–Crippen MR) is 99.6 cm³/mol. The number of allylic oxidation sites excluding steroid dienone is 4. The second-order valence-corrected chi connectivity index (χ2v) is 6.35. The van der Waals surface area contributed by atoms with Crippen molar-refractivity contribution in [3.05, 3.63) is 65.8 Å². The zero-order valence-corrected chi connectivity index (χ0v) is 14.5. The van der Waals surface area contributed by atoms with E-state index in [2.05, 4.69) is 12.7 Å². The molecule has 1 aliphatic carbocycles. The second kappa shape index (κ2) is 9.17. The summed E-state index contributed by atoms with van der Waals surface area (Å²) in [5.41, 5.74) is 3.15. The summed E-state index contributed by atoms with van der Waals surface area (Å²) in [7, 11) is 0. The monoisotopic (exact) mass is 322 g/mol. The van der Waals surface area contributed by atoms with E-state index in [9.17, 15) is 9.59 Å². The highest BCUT2D eigenvalue weighted by Crippen LogP contribution is 2.31. The molecule has 0 radical (unpaired) electrons. The quantitative estimate of drug-likeness (QED) is 0.480. The highest BCUT2D eigenvalue weighted by atomic mass is 16.1. The predicted octanol–water partition coefficient (Wildman–Crippen LogP) is 5.31. The third-order valence-corrected chi connectivity index (χ3v) is 4.62. The van der Waals surface area contributed by atoms with Gasteiger partial charge in [-0.05, 0) is 48.8 Å². The Morgan fingerprint density at radius 1 is 1.21 bits per heavy atom. The summed E-state index contributed by atoms with van der Waals surface area (Å²) in [4.78, 5) is 23.7. The molecule has 2 heteroatoms. The first kappa shape index (κ1) is 18.1. The summed E-state index contributed by atoms with van der Waals surface area (Å²) in [5.74, 6) is 0.804. The Morgan fingerprint density at radius 2 is 1.96 bits per heavy atom. The van der Waals surface area contributed by atoms with Crippen LogP contribution in [0, 0.1) is 5.92 Å². The van der Waals surface area contributed by atoms with Crippen LogP contribution < -0.4 is 0 Å². The van der Waals surface area contributed by atoms with Crippen molar-refractivity contribution in [3.63, 3.8) is 0 Å². The average Bonchev–Trinajstić information content (AvgIpc) is 2.64. The van der Waals surface area contributed by atoms with Crippen LogP contribution in [0.15, 0.2) is 60.2 Å². The Morgan fingerprint density at radius 3 is 2.58 bits per heavy atom. The maximum Gasteiger partial charge on any atom is 0.158 e. The number of hydrogen-bond acceptors (Lipinski definition) is 2. The molecule has 0 amide bonds. The molecule has 0 aromatic heterocycles. The van der Waals surface area contributed by atoms with E-state index >= 15 is 0 Å². The summed E-state index contributed by atoms with van der Waals surface area (Å²) >= 11 is 0. The van der Waals surface area contributed by atoms with E-state index in [1.807, 2.05) is 43.3 Å². The van der Waals surface area contributed by atoms with E-state index in [-0.39, 0.29) is 11.6 Å². The van der Waals surface area contributed by atoms with Crippen LogP contribution in [0.2, 0.25) is 0 Å². The van der Waals surface area contributed by atoms with Crippen LogP contribution in [0.1, 0.15) is 51.0 Å². The molecule has 0 saturated heterocycles. The molecule has 0 saturated carbocycles. The summed E-state index contributed by atoms with van der Waals surface area (Å²) < 4.78 is 0. The first-order valence-corrected chi connectivity index (χ1v) is 8.76. The number of carbonyl (C=O) groups excluding carboxylic acids is 2. The van der Waals surface area contributed by atoms with Gasteiger partial charge in [0.25, 0.3) is 0 Å². The van der Waals surface area contributed by atoms with Gasteiger partial charge in [-0.3, -0.25) is 9.59 Å². The highest BCUT2D eigenvalue weighted by Gasteiger charge is 2.19. The molecule has 1 aromatic carbocycles. The molecule has 0 spiro atoms. The van der Waals surface area contributed by atoms with E-state index in [0.29, 0.717) is 18.8 Å². The molecule has 24 heavy (non-hydrogen) atoms. The SMILES string of the molecule is C=C(CCC(=O)C=Cc1ccccc1)C1CC=C(C(=O)CC)CC1. The van der Waals surface area contributed by atoms with Crippen LogP contribution in [0.4, 0.5) is 0 Å². The van der Waals surface area contributed by atoms with Gasteiger partial charge in [-0.2, -0.15) is 0 Å². The van der Waals surface area contributed by atoms with Gasteiger partial charge in [0.05, 0.1) is 0 Å². The van der Waals surface area contributed by atoms with E-state index in [0.717, 1.165) is 42.4 Å². The van der Waals surface area contributed by atoms with Crippen molar-refractivity contribution in [2.24, 2.45) is 5.92 Å². The Balaban J connectivity index is 1.77. The molecule has 1 aromatic rings. The fourth-order valence-corrected chi connectivity index (χ4v) is 3.01. The minimum absolute atomic E-state index is 0.133. The van der Waals surface area contributed by atoms with E-state index in [1.54, 1.807) is 6.08 Å². The summed E-state index contributed by atoms with van der Waals surface area (Å²) in [6, 6.07) is 9.83. The lowest BCUT2D eigenvalue weighted by Gasteiger charge is -2.23. The lowest BCUT2D eigenvalue weighted by Crippen LogP contribution is -2.13. The van der Waals surface area contributed by atoms with Crippen LogP contribution >= 0.6 is 0 Å². The molecule has 1 atom stereocenters. The topological polar surface area (TPSA) is 34.1 Å². The molecule has 0 fully saturated rings. The molecule has 0 heterocycles. The van der Waals surface area contributed by atoms with Gasteiger partial charge >= 0.3 is 0 Å². The molecule has 0 aliphatic heterocycles. The molecule has 0 N–H and O–H groups in total. The number of carbonyl (C=O) groups is 2. The summed E-state index contributed by atoms with van der Waals surface area (Å²) in [6.07, 6.45) is 10.1. The van der Waals surface area contributed by atoms with Crippen LogP contribution in [0.3, 0.4) is 0 Å². The number of ketones is 2. The minimum atomic E-state index is 0.133. The lowest BCUT2D eigenvalue weighted by molar-refractivity contribution is -0.115. The molecular weight excluding hydrogens is 296 g/mol. The molecule has 2 nitrogen and oxygen atoms in total. The van der Waals surface area contributed by atoms with Gasteiger partial charge in [-0.1, -0.05) is 61.6 Å². The van der Waals surface area contributed by atoms with Crippen molar-refractivity contribution < 1.29 is 9.59 Å². The molecule has 1 aliphatic rings. The van der Waals surface area contributed by atoms with Gasteiger partial charge in [0.1, 0.15) is 0 Å². The van der Waals surface area contributed by atoms with Crippen LogP contribution in [-0.4, -0.2) is 11.6 Å². The Hall–Kier alpha value is -2.22. The van der Waals surface area contributed by atoms with Gasteiger partial charge < -0.3 is 0 Å². The Kier molecular flexibility index (Phi) is 6.92. The van der Waals surface area contributed by atoms with Crippen molar-refractivity contribution >= 4 is 17.6 Å². The third-order valence-electron chi connectivity index (χ3n) is 4.62. The van der Waals surface area contributed by atoms with Gasteiger partial charge in [0.15, 0.2) is 11.6 Å². The number of benzene rings is 1. The smallest absolute Gasteiger partial charge is 0.158 e. The molecule has 0 bridgehead atoms. The normalized spacial score (nSPS) is 17.5. The summed E-state index contributed by atoms with van der Waals surface area (Å²) in [6.45, 7) is 6.07. The number of hydrogen-bond donors (Lipinski definition) is 0.